The van der Waals surface area contributed by atoms with E-state index in [0.717, 1.165) is 29.0 Å². The lowest BCUT2D eigenvalue weighted by Gasteiger charge is -2.37. The number of halogens is 1. The number of benzene rings is 2. The van der Waals surface area contributed by atoms with Gasteiger partial charge in [0.25, 0.3) is 0 Å². The van der Waals surface area contributed by atoms with Crippen molar-refractivity contribution in [1.82, 2.24) is 5.32 Å². The molecule has 1 aliphatic heterocycles. The van der Waals surface area contributed by atoms with Crippen molar-refractivity contribution in [3.8, 4) is 5.75 Å². The third-order valence-electron chi connectivity index (χ3n) is 6.29. The summed E-state index contributed by atoms with van der Waals surface area (Å²) in [5.41, 5.74) is 4.44. The Balaban J connectivity index is 1.76. The SMILES string of the molecule is CCCOC(=O)C1=C(C)NC2=C(C(=O)C[C@@H](c3ccc(OC)cc3)C2)[C@H]1c1ccccc1Cl. The number of Topliss-reactive ketones (excluding diaryl/α,β-unsaturated/α-hetero) is 1. The lowest BCUT2D eigenvalue weighted by molar-refractivity contribution is -0.139. The molecule has 0 saturated carbocycles. The van der Waals surface area contributed by atoms with Crippen molar-refractivity contribution < 1.29 is 19.1 Å². The van der Waals surface area contributed by atoms with Crippen LogP contribution in [0.2, 0.25) is 5.02 Å². The summed E-state index contributed by atoms with van der Waals surface area (Å²) in [7, 11) is 1.63. The standard InChI is InChI=1S/C27H28ClNO4/c1-4-13-33-27(31)24-16(2)29-22-14-18(17-9-11-19(32-3)12-10-17)15-23(30)26(22)25(24)20-7-5-6-8-21(20)28/h5-12,18,25,29H,4,13-15H2,1-3H3/t18-,25-/m0/s1. The molecule has 2 aromatic carbocycles. The summed E-state index contributed by atoms with van der Waals surface area (Å²) in [6, 6.07) is 15.2. The van der Waals surface area contributed by atoms with Gasteiger partial charge in [-0.25, -0.2) is 4.79 Å². The average molecular weight is 466 g/mol. The molecule has 1 aliphatic carbocycles. The molecule has 1 N–H and O–H groups in total. The maximum absolute atomic E-state index is 13.6. The molecular formula is C27H28ClNO4. The van der Waals surface area contributed by atoms with Crippen molar-refractivity contribution in [3.05, 3.63) is 87.2 Å². The second-order valence-corrected chi connectivity index (χ2v) is 8.86. The van der Waals surface area contributed by atoms with Crippen molar-refractivity contribution in [3.63, 3.8) is 0 Å². The highest BCUT2D eigenvalue weighted by atomic mass is 35.5. The molecule has 4 rings (SSSR count). The van der Waals surface area contributed by atoms with Crippen LogP contribution in [0.1, 0.15) is 56.1 Å². The molecule has 6 heteroatoms. The number of nitrogens with one attached hydrogen (secondary N) is 1. The highest BCUT2D eigenvalue weighted by Crippen LogP contribution is 2.47. The number of carbonyl (C=O) groups is 2. The molecule has 1 heterocycles. The number of dihydropyridines is 1. The molecule has 0 bridgehead atoms. The highest BCUT2D eigenvalue weighted by Gasteiger charge is 2.42. The van der Waals surface area contributed by atoms with E-state index in [1.54, 1.807) is 13.2 Å². The lowest BCUT2D eigenvalue weighted by Crippen LogP contribution is -2.36. The van der Waals surface area contributed by atoms with Crippen LogP contribution in [-0.4, -0.2) is 25.5 Å². The van der Waals surface area contributed by atoms with Gasteiger partial charge in [-0.2, -0.15) is 0 Å². The quantitative estimate of drug-likeness (QED) is 0.557. The predicted octanol–water partition coefficient (Wildman–Crippen LogP) is 5.66. The Morgan fingerprint density at radius 3 is 2.52 bits per heavy atom. The molecule has 2 aliphatic rings. The zero-order chi connectivity index (χ0) is 23.5. The van der Waals surface area contributed by atoms with Gasteiger partial charge in [0.2, 0.25) is 0 Å². The second kappa shape index (κ2) is 9.84. The van der Waals surface area contributed by atoms with Crippen LogP contribution >= 0.6 is 11.6 Å². The molecule has 5 nitrogen and oxygen atoms in total. The van der Waals surface area contributed by atoms with Crippen LogP contribution in [0.15, 0.2) is 71.1 Å². The Hall–Kier alpha value is -3.05. The summed E-state index contributed by atoms with van der Waals surface area (Å²) >= 11 is 6.57. The first-order valence-corrected chi connectivity index (χ1v) is 11.6. The van der Waals surface area contributed by atoms with Gasteiger partial charge in [-0.05, 0) is 55.0 Å². The maximum atomic E-state index is 13.6. The summed E-state index contributed by atoms with van der Waals surface area (Å²) in [6.07, 6.45) is 1.76. The van der Waals surface area contributed by atoms with E-state index in [9.17, 15) is 9.59 Å². The highest BCUT2D eigenvalue weighted by molar-refractivity contribution is 6.31. The normalized spacial score (nSPS) is 20.3. The number of allylic oxidation sites excluding steroid dienone is 3. The molecule has 0 fully saturated rings. The van der Waals surface area contributed by atoms with Crippen LogP contribution < -0.4 is 10.1 Å². The van der Waals surface area contributed by atoms with Crippen LogP contribution in [0.25, 0.3) is 0 Å². The first-order chi connectivity index (χ1) is 15.9. The zero-order valence-electron chi connectivity index (χ0n) is 19.1. The second-order valence-electron chi connectivity index (χ2n) is 8.45. The van der Waals surface area contributed by atoms with E-state index < -0.39 is 11.9 Å². The molecule has 0 radical (unpaired) electrons. The van der Waals surface area contributed by atoms with E-state index in [1.807, 2.05) is 56.3 Å². The Bertz CT molecular complexity index is 1130. The van der Waals surface area contributed by atoms with E-state index in [4.69, 9.17) is 21.1 Å². The summed E-state index contributed by atoms with van der Waals surface area (Å²) < 4.78 is 10.8. The van der Waals surface area contributed by atoms with Gasteiger partial charge in [0.05, 0.1) is 19.3 Å². The molecule has 0 saturated heterocycles. The van der Waals surface area contributed by atoms with Gasteiger partial charge >= 0.3 is 5.97 Å². The minimum atomic E-state index is -0.552. The number of methoxy groups -OCH3 is 1. The van der Waals surface area contributed by atoms with Gasteiger partial charge in [-0.3, -0.25) is 4.79 Å². The third kappa shape index (κ3) is 4.55. The number of hydrogen-bond donors (Lipinski definition) is 1. The summed E-state index contributed by atoms with van der Waals surface area (Å²) in [5.74, 6) is -0.123. The van der Waals surface area contributed by atoms with Gasteiger partial charge in [-0.1, -0.05) is 48.9 Å². The van der Waals surface area contributed by atoms with Crippen LogP contribution in [-0.2, 0) is 14.3 Å². The minimum absolute atomic E-state index is 0.0165. The lowest BCUT2D eigenvalue weighted by atomic mass is 9.71. The van der Waals surface area contributed by atoms with Crippen LogP contribution in [0.3, 0.4) is 0 Å². The number of esters is 1. The maximum Gasteiger partial charge on any atom is 0.336 e. The fourth-order valence-electron chi connectivity index (χ4n) is 4.71. The number of ether oxygens (including phenoxy) is 2. The Morgan fingerprint density at radius 2 is 1.85 bits per heavy atom. The average Bonchev–Trinajstić information content (AvgIpc) is 2.82. The van der Waals surface area contributed by atoms with E-state index in [-0.39, 0.29) is 11.7 Å². The van der Waals surface area contributed by atoms with Crippen molar-refractivity contribution >= 4 is 23.4 Å². The van der Waals surface area contributed by atoms with Crippen molar-refractivity contribution in [2.45, 2.75) is 44.9 Å². The van der Waals surface area contributed by atoms with E-state index >= 15 is 0 Å². The third-order valence-corrected chi connectivity index (χ3v) is 6.63. The molecule has 0 aromatic heterocycles. The summed E-state index contributed by atoms with van der Waals surface area (Å²) in [5, 5.41) is 3.89. The fraction of sp³-hybridized carbons (Fsp3) is 0.333. The van der Waals surface area contributed by atoms with Crippen LogP contribution in [0.4, 0.5) is 0 Å². The number of rotatable bonds is 6. The molecule has 172 valence electrons. The molecule has 0 unspecified atom stereocenters. The van der Waals surface area contributed by atoms with Crippen molar-refractivity contribution in [2.24, 2.45) is 0 Å². The monoisotopic (exact) mass is 465 g/mol. The number of ketones is 1. The molecular weight excluding hydrogens is 438 g/mol. The topological polar surface area (TPSA) is 64.6 Å². The Labute approximate surface area is 199 Å². The minimum Gasteiger partial charge on any atom is -0.497 e. The molecule has 33 heavy (non-hydrogen) atoms. The van der Waals surface area contributed by atoms with E-state index in [0.29, 0.717) is 41.3 Å². The molecule has 0 amide bonds. The van der Waals surface area contributed by atoms with Crippen molar-refractivity contribution in [1.29, 1.82) is 0 Å². The first-order valence-electron chi connectivity index (χ1n) is 11.2. The number of hydrogen-bond acceptors (Lipinski definition) is 5. The summed E-state index contributed by atoms with van der Waals surface area (Å²) in [4.78, 5) is 26.7. The zero-order valence-corrected chi connectivity index (χ0v) is 19.9. The van der Waals surface area contributed by atoms with Crippen molar-refractivity contribution in [2.75, 3.05) is 13.7 Å². The fourth-order valence-corrected chi connectivity index (χ4v) is 4.96. The van der Waals surface area contributed by atoms with E-state index in [1.165, 1.54) is 0 Å². The Morgan fingerprint density at radius 1 is 1.12 bits per heavy atom. The van der Waals surface area contributed by atoms with E-state index in [2.05, 4.69) is 5.32 Å². The van der Waals surface area contributed by atoms with Gasteiger partial charge in [0, 0.05) is 34.3 Å². The largest absolute Gasteiger partial charge is 0.497 e. The van der Waals surface area contributed by atoms with Gasteiger partial charge in [0.15, 0.2) is 5.78 Å². The Kier molecular flexibility index (Phi) is 6.89. The molecule has 0 spiro atoms. The van der Waals surface area contributed by atoms with Gasteiger partial charge < -0.3 is 14.8 Å². The number of carbonyl (C=O) groups excluding carboxylic acids is 2. The van der Waals surface area contributed by atoms with Crippen LogP contribution in [0.5, 0.6) is 5.75 Å². The van der Waals surface area contributed by atoms with Gasteiger partial charge in [-0.15, -0.1) is 0 Å². The van der Waals surface area contributed by atoms with Crippen LogP contribution in [0, 0.1) is 0 Å². The molecule has 2 atom stereocenters. The first kappa shape index (κ1) is 23.1. The summed E-state index contributed by atoms with van der Waals surface area (Å²) in [6.45, 7) is 4.13. The smallest absolute Gasteiger partial charge is 0.336 e. The predicted molar refractivity (Wildman–Crippen MR) is 128 cm³/mol. The van der Waals surface area contributed by atoms with Gasteiger partial charge in [0.1, 0.15) is 5.75 Å². The molecule has 2 aromatic rings.